The third-order valence-corrected chi connectivity index (χ3v) is 9.85. The summed E-state index contributed by atoms with van der Waals surface area (Å²) in [5, 5.41) is 20.7. The Bertz CT molecular complexity index is 1460. The van der Waals surface area contributed by atoms with E-state index in [-0.39, 0.29) is 40.7 Å². The highest BCUT2D eigenvalue weighted by Crippen LogP contribution is 2.30. The van der Waals surface area contributed by atoms with Crippen LogP contribution >= 0.6 is 11.3 Å². The summed E-state index contributed by atoms with van der Waals surface area (Å²) in [5.74, 6) is -0.774. The third kappa shape index (κ3) is 7.64. The number of amides is 1. The van der Waals surface area contributed by atoms with Crippen molar-refractivity contribution in [3.8, 4) is 5.75 Å². The first-order valence-corrected chi connectivity index (χ1v) is 15.6. The Labute approximate surface area is 244 Å². The molecule has 0 fully saturated rings. The lowest BCUT2D eigenvalue weighted by Crippen LogP contribution is -2.47. The summed E-state index contributed by atoms with van der Waals surface area (Å²) in [5.41, 5.74) is 2.03. The SMILES string of the molecule is C[C@H]1CN([C@@H](C)CO)C(=O)Cc2cc(NS(=O)(=O)c3cccs3)ccc2O[C@@H]1CN(C)Cc1ccc(C(=O)O)cc1. The maximum absolute atomic E-state index is 13.4. The van der Waals surface area contributed by atoms with Gasteiger partial charge in [-0.15, -0.1) is 11.3 Å². The number of carbonyl (C=O) groups is 2. The number of carboxylic acids is 1. The molecule has 0 saturated heterocycles. The number of carbonyl (C=O) groups excluding carboxylic acids is 1. The van der Waals surface area contributed by atoms with Crippen LogP contribution in [0.25, 0.3) is 0 Å². The van der Waals surface area contributed by atoms with E-state index in [1.54, 1.807) is 65.7 Å². The molecule has 3 aromatic rings. The van der Waals surface area contributed by atoms with Crippen molar-refractivity contribution in [2.24, 2.45) is 5.92 Å². The van der Waals surface area contributed by atoms with Gasteiger partial charge in [0.15, 0.2) is 0 Å². The minimum absolute atomic E-state index is 0.0144. The Morgan fingerprint density at radius 3 is 2.59 bits per heavy atom. The van der Waals surface area contributed by atoms with Crippen molar-refractivity contribution < 1.29 is 33.0 Å². The van der Waals surface area contributed by atoms with Crippen molar-refractivity contribution in [2.75, 3.05) is 31.5 Å². The van der Waals surface area contributed by atoms with Gasteiger partial charge in [-0.2, -0.15) is 0 Å². The van der Waals surface area contributed by atoms with Crippen molar-refractivity contribution in [3.63, 3.8) is 0 Å². The van der Waals surface area contributed by atoms with Crippen molar-refractivity contribution >= 4 is 38.9 Å². The molecule has 1 amide bonds. The summed E-state index contributed by atoms with van der Waals surface area (Å²) in [7, 11) is -1.83. The number of likely N-dealkylation sites (N-methyl/N-ethyl adjacent to an activating group) is 1. The predicted molar refractivity (Wildman–Crippen MR) is 157 cm³/mol. The number of anilines is 1. The average Bonchev–Trinajstić information content (AvgIpc) is 3.49. The number of aromatic carboxylic acids is 1. The van der Waals surface area contributed by atoms with Crippen molar-refractivity contribution in [1.29, 1.82) is 0 Å². The first-order valence-electron chi connectivity index (χ1n) is 13.2. The molecule has 41 heavy (non-hydrogen) atoms. The van der Waals surface area contributed by atoms with Crippen LogP contribution in [-0.2, 0) is 27.8 Å². The Kier molecular flexibility index (Phi) is 9.69. The Morgan fingerprint density at radius 1 is 1.22 bits per heavy atom. The summed E-state index contributed by atoms with van der Waals surface area (Å²) in [6.45, 7) is 5.03. The van der Waals surface area contributed by atoms with E-state index in [9.17, 15) is 23.1 Å². The summed E-state index contributed by atoms with van der Waals surface area (Å²) < 4.78 is 34.9. The van der Waals surface area contributed by atoms with Gasteiger partial charge in [-0.25, -0.2) is 13.2 Å². The van der Waals surface area contributed by atoms with E-state index < -0.39 is 22.0 Å². The molecule has 1 aromatic heterocycles. The zero-order valence-corrected chi connectivity index (χ0v) is 24.8. The van der Waals surface area contributed by atoms with Gasteiger partial charge in [0.1, 0.15) is 16.1 Å². The normalized spacial score (nSPS) is 18.6. The number of nitrogens with one attached hydrogen (secondary N) is 1. The highest BCUT2D eigenvalue weighted by Gasteiger charge is 2.31. The number of thiophene rings is 1. The van der Waals surface area contributed by atoms with Crippen LogP contribution in [0, 0.1) is 5.92 Å². The van der Waals surface area contributed by atoms with Gasteiger partial charge in [0, 0.05) is 36.8 Å². The van der Waals surface area contributed by atoms with Gasteiger partial charge < -0.3 is 19.8 Å². The smallest absolute Gasteiger partial charge is 0.335 e. The van der Waals surface area contributed by atoms with Crippen LogP contribution in [0.1, 0.15) is 35.3 Å². The van der Waals surface area contributed by atoms with Crippen LogP contribution < -0.4 is 9.46 Å². The molecule has 2 aromatic carbocycles. The van der Waals surface area contributed by atoms with E-state index in [0.717, 1.165) is 16.9 Å². The molecular formula is C29H35N3O7S2. The van der Waals surface area contributed by atoms with Crippen molar-refractivity contribution in [3.05, 3.63) is 76.7 Å². The number of ether oxygens (including phenoxy) is 1. The van der Waals surface area contributed by atoms with Crippen LogP contribution in [0.5, 0.6) is 5.75 Å². The minimum Gasteiger partial charge on any atom is -0.488 e. The first-order chi connectivity index (χ1) is 19.5. The second-order valence-electron chi connectivity index (χ2n) is 10.4. The zero-order chi connectivity index (χ0) is 29.7. The number of fused-ring (bicyclic) bond motifs is 1. The van der Waals surface area contributed by atoms with E-state index in [2.05, 4.69) is 9.62 Å². The van der Waals surface area contributed by atoms with Gasteiger partial charge in [-0.05, 0) is 61.3 Å². The van der Waals surface area contributed by atoms with Crippen molar-refractivity contribution in [1.82, 2.24) is 9.80 Å². The van der Waals surface area contributed by atoms with Crippen LogP contribution in [-0.4, -0.2) is 79.2 Å². The quantitative estimate of drug-likeness (QED) is 0.321. The molecule has 4 rings (SSSR count). The molecule has 3 atom stereocenters. The molecule has 0 spiro atoms. The number of benzene rings is 2. The van der Waals surface area contributed by atoms with Crippen LogP contribution in [0.3, 0.4) is 0 Å². The molecule has 0 radical (unpaired) electrons. The third-order valence-electron chi connectivity index (χ3n) is 7.07. The fourth-order valence-corrected chi connectivity index (χ4v) is 6.81. The van der Waals surface area contributed by atoms with Crippen LogP contribution in [0.4, 0.5) is 5.69 Å². The summed E-state index contributed by atoms with van der Waals surface area (Å²) >= 11 is 1.11. The fraction of sp³-hybridized carbons (Fsp3) is 0.379. The number of carboxylic acid groups (broad SMARTS) is 1. The van der Waals surface area contributed by atoms with Gasteiger partial charge in [0.05, 0.1) is 24.6 Å². The molecule has 0 aliphatic carbocycles. The van der Waals surface area contributed by atoms with Crippen molar-refractivity contribution in [2.45, 2.75) is 43.2 Å². The molecule has 2 heterocycles. The van der Waals surface area contributed by atoms with E-state index in [1.807, 2.05) is 14.0 Å². The number of hydrogen-bond donors (Lipinski definition) is 3. The molecule has 3 N–H and O–H groups in total. The number of aliphatic hydroxyl groups excluding tert-OH is 1. The molecule has 0 bridgehead atoms. The lowest BCUT2D eigenvalue weighted by atomic mass is 10.0. The Balaban J connectivity index is 1.60. The monoisotopic (exact) mass is 601 g/mol. The molecule has 220 valence electrons. The van der Waals surface area contributed by atoms with Crippen LogP contribution in [0.2, 0.25) is 0 Å². The van der Waals surface area contributed by atoms with E-state index in [4.69, 9.17) is 9.84 Å². The molecule has 0 saturated carbocycles. The average molecular weight is 602 g/mol. The highest BCUT2D eigenvalue weighted by atomic mass is 32.2. The molecule has 0 unspecified atom stereocenters. The maximum atomic E-state index is 13.4. The standard InChI is InChI=1S/C29H35N3O7S2/c1-19-15-32(20(2)18-33)27(34)14-23-13-24(30-41(37,38)28-5-4-12-40-28)10-11-25(23)39-26(19)17-31(3)16-21-6-8-22(9-7-21)29(35)36/h4-13,19-20,26,30,33H,14-18H2,1-3H3,(H,35,36)/t19-,20-,26+/m0/s1. The minimum atomic E-state index is -3.77. The van der Waals surface area contributed by atoms with Crippen LogP contribution in [0.15, 0.2) is 64.2 Å². The summed E-state index contributed by atoms with van der Waals surface area (Å²) in [4.78, 5) is 28.3. The number of rotatable bonds is 10. The fourth-order valence-electron chi connectivity index (χ4n) is 4.77. The molecular weight excluding hydrogens is 566 g/mol. The van der Waals surface area contributed by atoms with Gasteiger partial charge in [0.2, 0.25) is 5.91 Å². The second kappa shape index (κ2) is 13.0. The molecule has 12 heteroatoms. The number of aliphatic hydroxyl groups is 1. The lowest BCUT2D eigenvalue weighted by Gasteiger charge is -2.34. The maximum Gasteiger partial charge on any atom is 0.335 e. The zero-order valence-electron chi connectivity index (χ0n) is 23.2. The largest absolute Gasteiger partial charge is 0.488 e. The van der Waals surface area contributed by atoms with E-state index in [0.29, 0.717) is 36.6 Å². The second-order valence-corrected chi connectivity index (χ2v) is 13.3. The number of sulfonamides is 1. The van der Waals surface area contributed by atoms with Gasteiger partial charge in [-0.3, -0.25) is 14.4 Å². The Morgan fingerprint density at radius 2 is 1.95 bits per heavy atom. The van der Waals surface area contributed by atoms with Gasteiger partial charge in [0.25, 0.3) is 10.0 Å². The molecule has 1 aliphatic rings. The number of hydrogen-bond acceptors (Lipinski definition) is 8. The van der Waals surface area contributed by atoms with Gasteiger partial charge >= 0.3 is 5.97 Å². The van der Waals surface area contributed by atoms with E-state index in [1.165, 1.54) is 6.07 Å². The highest BCUT2D eigenvalue weighted by molar-refractivity contribution is 7.94. The lowest BCUT2D eigenvalue weighted by molar-refractivity contribution is -0.134. The van der Waals surface area contributed by atoms with E-state index >= 15 is 0 Å². The first kappa shape index (κ1) is 30.5. The topological polar surface area (TPSA) is 136 Å². The molecule has 10 nitrogen and oxygen atoms in total. The molecule has 1 aliphatic heterocycles. The Hall–Kier alpha value is -3.45. The predicted octanol–water partition coefficient (Wildman–Crippen LogP) is 3.53. The summed E-state index contributed by atoms with van der Waals surface area (Å²) in [6.07, 6.45) is -0.357. The summed E-state index contributed by atoms with van der Waals surface area (Å²) in [6, 6.07) is 14.4. The van der Waals surface area contributed by atoms with Gasteiger partial charge in [-0.1, -0.05) is 25.1 Å². The number of nitrogens with zero attached hydrogens (tertiary/aromatic N) is 2.